The number of hydrogen-bond donors (Lipinski definition) is 1. The molecule has 0 spiro atoms. The molecule has 1 aromatic heterocycles. The van der Waals surface area contributed by atoms with Crippen molar-refractivity contribution >= 4 is 29.1 Å². The summed E-state index contributed by atoms with van der Waals surface area (Å²) in [6, 6.07) is 18.0. The number of carbonyl (C=O) groups excluding carboxylic acids is 2. The second-order valence-corrected chi connectivity index (χ2v) is 6.55. The van der Waals surface area contributed by atoms with Crippen LogP contribution in [0.2, 0.25) is 5.02 Å². The molecule has 2 aromatic carbocycles. The van der Waals surface area contributed by atoms with E-state index in [4.69, 9.17) is 11.6 Å². The van der Waals surface area contributed by atoms with Crippen molar-refractivity contribution in [3.63, 3.8) is 0 Å². The van der Waals surface area contributed by atoms with Gasteiger partial charge in [0.1, 0.15) is 17.2 Å². The minimum absolute atomic E-state index is 0.0689. The van der Waals surface area contributed by atoms with Gasteiger partial charge in [0.15, 0.2) is 0 Å². The summed E-state index contributed by atoms with van der Waals surface area (Å²) in [6.07, 6.45) is 0. The summed E-state index contributed by atoms with van der Waals surface area (Å²) in [5, 5.41) is 2.48. The molecule has 28 heavy (non-hydrogen) atoms. The zero-order valence-corrected chi connectivity index (χ0v) is 15.8. The average molecular weight is 398 g/mol. The number of benzene rings is 2. The Morgan fingerprint density at radius 3 is 2.46 bits per heavy atom. The molecule has 3 rings (SSSR count). The molecule has 0 saturated heterocycles. The molecule has 0 aliphatic carbocycles. The van der Waals surface area contributed by atoms with Crippen LogP contribution in [0.5, 0.6) is 0 Å². The molecule has 142 valence electrons. The van der Waals surface area contributed by atoms with E-state index in [1.54, 1.807) is 19.2 Å². The van der Waals surface area contributed by atoms with Crippen LogP contribution in [0.25, 0.3) is 0 Å². The number of amides is 2. The highest BCUT2D eigenvalue weighted by Crippen LogP contribution is 2.20. The normalized spacial score (nSPS) is 10.4. The number of pyridine rings is 1. The fourth-order valence-electron chi connectivity index (χ4n) is 2.57. The Morgan fingerprint density at radius 1 is 1.04 bits per heavy atom. The largest absolute Gasteiger partial charge is 0.336 e. The molecule has 2 amide bonds. The predicted molar refractivity (Wildman–Crippen MR) is 106 cm³/mol. The van der Waals surface area contributed by atoms with Gasteiger partial charge in [-0.1, -0.05) is 48.0 Å². The Morgan fingerprint density at radius 2 is 1.75 bits per heavy atom. The SMILES string of the molecule is CN(Cc1ccccc1)C(=O)c1cccc(C(=O)Nc2ccc(F)c(Cl)c2)n1. The van der Waals surface area contributed by atoms with Gasteiger partial charge in [0.05, 0.1) is 5.02 Å². The van der Waals surface area contributed by atoms with Crippen LogP contribution in [-0.4, -0.2) is 28.7 Å². The standard InChI is InChI=1S/C21H17ClFN3O2/c1-26(13-14-6-3-2-4-7-14)21(28)19-9-5-8-18(25-19)20(27)24-15-10-11-17(23)16(22)12-15/h2-12H,13H2,1H3,(H,24,27). The van der Waals surface area contributed by atoms with Crippen LogP contribution in [0.4, 0.5) is 10.1 Å². The minimum atomic E-state index is -0.577. The van der Waals surface area contributed by atoms with Gasteiger partial charge >= 0.3 is 0 Å². The van der Waals surface area contributed by atoms with Gasteiger partial charge in [-0.15, -0.1) is 0 Å². The second kappa shape index (κ2) is 8.63. The summed E-state index contributed by atoms with van der Waals surface area (Å²) < 4.78 is 13.2. The van der Waals surface area contributed by atoms with Crippen LogP contribution in [0.3, 0.4) is 0 Å². The molecule has 1 heterocycles. The third-order valence-electron chi connectivity index (χ3n) is 3.99. The predicted octanol–water partition coefficient (Wildman–Crippen LogP) is 4.40. The maximum Gasteiger partial charge on any atom is 0.274 e. The van der Waals surface area contributed by atoms with E-state index in [1.165, 1.54) is 23.1 Å². The first kappa shape index (κ1) is 19.5. The number of rotatable bonds is 5. The van der Waals surface area contributed by atoms with Crippen LogP contribution >= 0.6 is 11.6 Å². The smallest absolute Gasteiger partial charge is 0.274 e. The maximum atomic E-state index is 13.2. The molecular formula is C21H17ClFN3O2. The molecule has 0 bridgehead atoms. The van der Waals surface area contributed by atoms with Crippen molar-refractivity contribution in [1.29, 1.82) is 0 Å². The Bertz CT molecular complexity index is 1010. The molecule has 0 saturated carbocycles. The first-order valence-corrected chi connectivity index (χ1v) is 8.84. The fraction of sp³-hybridized carbons (Fsp3) is 0.0952. The van der Waals surface area contributed by atoms with E-state index in [-0.39, 0.29) is 22.3 Å². The van der Waals surface area contributed by atoms with E-state index in [0.717, 1.165) is 11.6 Å². The highest BCUT2D eigenvalue weighted by Gasteiger charge is 2.16. The summed E-state index contributed by atoms with van der Waals surface area (Å²) in [4.78, 5) is 30.7. The second-order valence-electron chi connectivity index (χ2n) is 6.14. The molecule has 0 fully saturated rings. The number of halogens is 2. The molecular weight excluding hydrogens is 381 g/mol. The van der Waals surface area contributed by atoms with Crippen molar-refractivity contribution in [2.45, 2.75) is 6.54 Å². The van der Waals surface area contributed by atoms with E-state index in [9.17, 15) is 14.0 Å². The first-order chi connectivity index (χ1) is 13.4. The number of carbonyl (C=O) groups is 2. The lowest BCUT2D eigenvalue weighted by atomic mass is 10.2. The van der Waals surface area contributed by atoms with Gasteiger partial charge in [0, 0.05) is 19.3 Å². The first-order valence-electron chi connectivity index (χ1n) is 8.47. The van der Waals surface area contributed by atoms with Crippen LogP contribution in [-0.2, 0) is 6.54 Å². The zero-order chi connectivity index (χ0) is 20.1. The molecule has 3 aromatic rings. The number of hydrogen-bond acceptors (Lipinski definition) is 3. The van der Waals surface area contributed by atoms with Crippen LogP contribution in [0, 0.1) is 5.82 Å². The lowest BCUT2D eigenvalue weighted by Gasteiger charge is -2.17. The third-order valence-corrected chi connectivity index (χ3v) is 4.28. The van der Waals surface area contributed by atoms with Gasteiger partial charge in [-0.3, -0.25) is 9.59 Å². The van der Waals surface area contributed by atoms with Gasteiger partial charge in [-0.25, -0.2) is 9.37 Å². The summed E-state index contributed by atoms with van der Waals surface area (Å²) in [6.45, 7) is 0.422. The minimum Gasteiger partial charge on any atom is -0.336 e. The highest BCUT2D eigenvalue weighted by atomic mass is 35.5. The van der Waals surface area contributed by atoms with Gasteiger partial charge in [-0.05, 0) is 35.9 Å². The molecule has 0 atom stereocenters. The average Bonchev–Trinajstić information content (AvgIpc) is 2.71. The van der Waals surface area contributed by atoms with Crippen molar-refractivity contribution in [3.8, 4) is 0 Å². The van der Waals surface area contributed by atoms with E-state index in [1.807, 2.05) is 30.3 Å². The molecule has 1 N–H and O–H groups in total. The fourth-order valence-corrected chi connectivity index (χ4v) is 2.75. The van der Waals surface area contributed by atoms with Crippen molar-refractivity contribution in [2.75, 3.05) is 12.4 Å². The zero-order valence-electron chi connectivity index (χ0n) is 15.0. The van der Waals surface area contributed by atoms with Crippen molar-refractivity contribution < 1.29 is 14.0 Å². The number of anilines is 1. The molecule has 0 aliphatic heterocycles. The lowest BCUT2D eigenvalue weighted by molar-refractivity contribution is 0.0779. The third kappa shape index (κ3) is 4.72. The van der Waals surface area contributed by atoms with Crippen molar-refractivity contribution in [3.05, 3.63) is 94.5 Å². The van der Waals surface area contributed by atoms with E-state index in [2.05, 4.69) is 10.3 Å². The number of aromatic nitrogens is 1. The van der Waals surface area contributed by atoms with Gasteiger partial charge in [0.2, 0.25) is 0 Å². The van der Waals surface area contributed by atoms with Gasteiger partial charge < -0.3 is 10.2 Å². The Labute approximate surface area is 166 Å². The van der Waals surface area contributed by atoms with Crippen LogP contribution in [0.1, 0.15) is 26.5 Å². The van der Waals surface area contributed by atoms with Crippen LogP contribution < -0.4 is 5.32 Å². The van der Waals surface area contributed by atoms with Crippen molar-refractivity contribution in [1.82, 2.24) is 9.88 Å². The monoisotopic (exact) mass is 397 g/mol. The Kier molecular flexibility index (Phi) is 6.01. The van der Waals surface area contributed by atoms with E-state index < -0.39 is 11.7 Å². The van der Waals surface area contributed by atoms with Gasteiger partial charge in [-0.2, -0.15) is 0 Å². The van der Waals surface area contributed by atoms with E-state index >= 15 is 0 Å². The highest BCUT2D eigenvalue weighted by molar-refractivity contribution is 6.31. The molecule has 0 aliphatic rings. The Hall–Kier alpha value is -3.25. The van der Waals surface area contributed by atoms with Crippen LogP contribution in [0.15, 0.2) is 66.7 Å². The summed E-state index contributed by atoms with van der Waals surface area (Å²) in [7, 11) is 1.67. The van der Waals surface area contributed by atoms with E-state index in [0.29, 0.717) is 12.2 Å². The molecule has 7 heteroatoms. The molecule has 0 radical (unpaired) electrons. The maximum absolute atomic E-state index is 13.2. The quantitative estimate of drug-likeness (QED) is 0.694. The molecule has 5 nitrogen and oxygen atoms in total. The van der Waals surface area contributed by atoms with Crippen molar-refractivity contribution in [2.24, 2.45) is 0 Å². The summed E-state index contributed by atoms with van der Waals surface area (Å²) in [5.74, 6) is -1.40. The summed E-state index contributed by atoms with van der Waals surface area (Å²) in [5.41, 5.74) is 1.54. The molecule has 0 unspecified atom stereocenters. The summed E-state index contributed by atoms with van der Waals surface area (Å²) >= 11 is 5.72. The topological polar surface area (TPSA) is 62.3 Å². The number of nitrogens with zero attached hydrogens (tertiary/aromatic N) is 2. The van der Waals surface area contributed by atoms with Gasteiger partial charge in [0.25, 0.3) is 11.8 Å². The lowest BCUT2D eigenvalue weighted by Crippen LogP contribution is -2.27. The number of nitrogens with one attached hydrogen (secondary N) is 1. The Balaban J connectivity index is 1.72.